The molecule has 6 heteroatoms. The van der Waals surface area contributed by atoms with Crippen LogP contribution < -0.4 is 5.32 Å². The molecule has 1 amide bonds. The van der Waals surface area contributed by atoms with Gasteiger partial charge in [0.15, 0.2) is 12.4 Å². The second kappa shape index (κ2) is 8.01. The van der Waals surface area contributed by atoms with Crippen molar-refractivity contribution >= 4 is 17.7 Å². The zero-order chi connectivity index (χ0) is 17.5. The molecule has 0 fully saturated rings. The second-order valence-electron chi connectivity index (χ2n) is 5.10. The Morgan fingerprint density at radius 1 is 1.00 bits per heavy atom. The summed E-state index contributed by atoms with van der Waals surface area (Å²) < 4.78 is 17.7. The van der Waals surface area contributed by atoms with Crippen LogP contribution in [0.1, 0.15) is 27.6 Å². The summed E-state index contributed by atoms with van der Waals surface area (Å²) in [6, 6.07) is 12.4. The highest BCUT2D eigenvalue weighted by Gasteiger charge is 2.19. The van der Waals surface area contributed by atoms with Gasteiger partial charge in [0.1, 0.15) is 11.9 Å². The van der Waals surface area contributed by atoms with E-state index in [0.29, 0.717) is 5.56 Å². The Balaban J connectivity index is 1.84. The van der Waals surface area contributed by atoms with E-state index in [0.717, 1.165) is 12.1 Å². The van der Waals surface area contributed by atoms with Crippen molar-refractivity contribution in [1.82, 2.24) is 5.32 Å². The first-order valence-electron chi connectivity index (χ1n) is 7.28. The standard InChI is InChI=1S/C18H16FNO4/c1-12(20-17(22)14-5-3-2-4-6-14)18(23)24-11-16(21)13-7-9-15(19)10-8-13/h2-10,12H,11H2,1H3,(H,20,22)/t12-/m0/s1. The van der Waals surface area contributed by atoms with Crippen molar-refractivity contribution in [2.75, 3.05) is 6.61 Å². The summed E-state index contributed by atoms with van der Waals surface area (Å²) in [5.74, 6) is -2.05. The topological polar surface area (TPSA) is 72.5 Å². The number of carbonyl (C=O) groups is 3. The van der Waals surface area contributed by atoms with Crippen LogP contribution in [0.2, 0.25) is 0 Å². The van der Waals surface area contributed by atoms with Crippen molar-refractivity contribution in [1.29, 1.82) is 0 Å². The van der Waals surface area contributed by atoms with E-state index in [9.17, 15) is 18.8 Å². The van der Waals surface area contributed by atoms with Gasteiger partial charge >= 0.3 is 5.97 Å². The molecule has 2 aromatic rings. The van der Waals surface area contributed by atoms with Crippen LogP contribution in [0.25, 0.3) is 0 Å². The van der Waals surface area contributed by atoms with Gasteiger partial charge < -0.3 is 10.1 Å². The molecule has 0 bridgehead atoms. The van der Waals surface area contributed by atoms with Crippen LogP contribution in [0, 0.1) is 5.82 Å². The highest BCUT2D eigenvalue weighted by atomic mass is 19.1. The van der Waals surface area contributed by atoms with Crippen LogP contribution in [0.3, 0.4) is 0 Å². The van der Waals surface area contributed by atoms with Crippen molar-refractivity contribution in [2.24, 2.45) is 0 Å². The van der Waals surface area contributed by atoms with E-state index in [1.54, 1.807) is 30.3 Å². The lowest BCUT2D eigenvalue weighted by atomic mass is 10.1. The van der Waals surface area contributed by atoms with Crippen molar-refractivity contribution < 1.29 is 23.5 Å². The van der Waals surface area contributed by atoms with Gasteiger partial charge in [0.05, 0.1) is 0 Å². The minimum Gasteiger partial charge on any atom is -0.456 e. The molecule has 1 N–H and O–H groups in total. The number of halogens is 1. The summed E-state index contributed by atoms with van der Waals surface area (Å²) >= 11 is 0. The summed E-state index contributed by atoms with van der Waals surface area (Å²) in [5.41, 5.74) is 0.657. The molecule has 0 heterocycles. The van der Waals surface area contributed by atoms with Gasteiger partial charge in [-0.05, 0) is 43.3 Å². The molecule has 1 atom stereocenters. The summed E-state index contributed by atoms with van der Waals surface area (Å²) in [6.07, 6.45) is 0. The normalized spacial score (nSPS) is 11.4. The van der Waals surface area contributed by atoms with Crippen LogP contribution >= 0.6 is 0 Å². The molecule has 0 aromatic heterocycles. The fourth-order valence-corrected chi connectivity index (χ4v) is 1.91. The molecule has 0 radical (unpaired) electrons. The lowest BCUT2D eigenvalue weighted by Crippen LogP contribution is -2.40. The first-order chi connectivity index (χ1) is 11.5. The highest BCUT2D eigenvalue weighted by Crippen LogP contribution is 2.05. The summed E-state index contributed by atoms with van der Waals surface area (Å²) in [5, 5.41) is 2.49. The van der Waals surface area contributed by atoms with E-state index in [2.05, 4.69) is 5.32 Å². The van der Waals surface area contributed by atoms with Crippen molar-refractivity contribution in [3.05, 3.63) is 71.5 Å². The number of ether oxygens (including phenoxy) is 1. The number of hydrogen-bond donors (Lipinski definition) is 1. The number of nitrogens with one attached hydrogen (secondary N) is 1. The molecule has 0 spiro atoms. The molecule has 0 aliphatic carbocycles. The number of esters is 1. The maximum Gasteiger partial charge on any atom is 0.328 e. The van der Waals surface area contributed by atoms with E-state index in [-0.39, 0.29) is 5.56 Å². The lowest BCUT2D eigenvalue weighted by molar-refractivity contribution is -0.144. The average molecular weight is 329 g/mol. The quantitative estimate of drug-likeness (QED) is 0.652. The van der Waals surface area contributed by atoms with E-state index in [1.807, 2.05) is 0 Å². The number of ketones is 1. The van der Waals surface area contributed by atoms with Gasteiger partial charge in [0.2, 0.25) is 0 Å². The van der Waals surface area contributed by atoms with Crippen molar-refractivity contribution in [3.8, 4) is 0 Å². The smallest absolute Gasteiger partial charge is 0.328 e. The molecule has 5 nitrogen and oxygen atoms in total. The Hall–Kier alpha value is -3.02. The summed E-state index contributed by atoms with van der Waals surface area (Å²) in [6.45, 7) is 0.988. The molecule has 2 aromatic carbocycles. The van der Waals surface area contributed by atoms with E-state index >= 15 is 0 Å². The third-order valence-corrected chi connectivity index (χ3v) is 3.25. The average Bonchev–Trinajstić information content (AvgIpc) is 2.60. The zero-order valence-electron chi connectivity index (χ0n) is 13.0. The number of amides is 1. The van der Waals surface area contributed by atoms with Crippen LogP contribution in [0.4, 0.5) is 4.39 Å². The molecule has 24 heavy (non-hydrogen) atoms. The highest BCUT2D eigenvalue weighted by molar-refractivity contribution is 5.99. The van der Waals surface area contributed by atoms with Gasteiger partial charge in [-0.1, -0.05) is 18.2 Å². The predicted molar refractivity (Wildman–Crippen MR) is 85.1 cm³/mol. The lowest BCUT2D eigenvalue weighted by Gasteiger charge is -2.13. The molecular formula is C18H16FNO4. The Morgan fingerprint density at radius 2 is 1.62 bits per heavy atom. The Bertz CT molecular complexity index is 728. The van der Waals surface area contributed by atoms with Gasteiger partial charge in [-0.25, -0.2) is 9.18 Å². The van der Waals surface area contributed by atoms with Gasteiger partial charge in [-0.2, -0.15) is 0 Å². The Kier molecular flexibility index (Phi) is 5.78. The number of benzene rings is 2. The van der Waals surface area contributed by atoms with Gasteiger partial charge in [-0.3, -0.25) is 9.59 Å². The van der Waals surface area contributed by atoms with E-state index in [1.165, 1.54) is 19.1 Å². The van der Waals surface area contributed by atoms with Crippen LogP contribution in [0.15, 0.2) is 54.6 Å². The second-order valence-corrected chi connectivity index (χ2v) is 5.10. The van der Waals surface area contributed by atoms with Crippen molar-refractivity contribution in [3.63, 3.8) is 0 Å². The first kappa shape index (κ1) is 17.3. The molecular weight excluding hydrogens is 313 g/mol. The van der Waals surface area contributed by atoms with Crippen LogP contribution in [0.5, 0.6) is 0 Å². The van der Waals surface area contributed by atoms with Crippen LogP contribution in [-0.4, -0.2) is 30.3 Å². The molecule has 0 aliphatic rings. The monoisotopic (exact) mass is 329 g/mol. The molecule has 0 aliphatic heterocycles. The third kappa shape index (κ3) is 4.74. The number of Topliss-reactive ketones (excluding diaryl/α,β-unsaturated/α-hetero) is 1. The maximum atomic E-state index is 12.8. The number of hydrogen-bond acceptors (Lipinski definition) is 4. The molecule has 0 unspecified atom stereocenters. The molecule has 0 saturated carbocycles. The fraction of sp³-hybridized carbons (Fsp3) is 0.167. The fourth-order valence-electron chi connectivity index (χ4n) is 1.91. The van der Waals surface area contributed by atoms with E-state index in [4.69, 9.17) is 4.74 Å². The zero-order valence-corrected chi connectivity index (χ0v) is 13.0. The SMILES string of the molecule is C[C@H](NC(=O)c1ccccc1)C(=O)OCC(=O)c1ccc(F)cc1. The Morgan fingerprint density at radius 3 is 2.25 bits per heavy atom. The predicted octanol–water partition coefficient (Wildman–Crippen LogP) is 2.37. The summed E-state index contributed by atoms with van der Waals surface area (Å²) in [4.78, 5) is 35.6. The van der Waals surface area contributed by atoms with Gasteiger partial charge in [0, 0.05) is 11.1 Å². The van der Waals surface area contributed by atoms with Gasteiger partial charge in [0.25, 0.3) is 5.91 Å². The molecule has 124 valence electrons. The minimum absolute atomic E-state index is 0.241. The van der Waals surface area contributed by atoms with Crippen molar-refractivity contribution in [2.45, 2.75) is 13.0 Å². The van der Waals surface area contributed by atoms with Gasteiger partial charge in [-0.15, -0.1) is 0 Å². The minimum atomic E-state index is -0.904. The molecule has 2 rings (SSSR count). The largest absolute Gasteiger partial charge is 0.456 e. The number of rotatable bonds is 6. The van der Waals surface area contributed by atoms with Crippen LogP contribution in [-0.2, 0) is 9.53 Å². The summed E-state index contributed by atoms with van der Waals surface area (Å²) in [7, 11) is 0. The maximum absolute atomic E-state index is 12.8. The third-order valence-electron chi connectivity index (χ3n) is 3.25. The molecule has 0 saturated heterocycles. The van der Waals surface area contributed by atoms with E-state index < -0.39 is 36.1 Å². The number of carbonyl (C=O) groups excluding carboxylic acids is 3. The Labute approximate surface area is 138 Å². The first-order valence-corrected chi connectivity index (χ1v) is 7.28.